The number of aryl methyl sites for hydroxylation is 3. The average Bonchev–Trinajstić information content (AvgIpc) is 2.71. The second-order valence-corrected chi connectivity index (χ2v) is 8.29. The summed E-state index contributed by atoms with van der Waals surface area (Å²) in [7, 11) is 0. The molecule has 0 aliphatic heterocycles. The van der Waals surface area contributed by atoms with E-state index in [-0.39, 0.29) is 17.9 Å². The maximum absolute atomic E-state index is 13.4. The lowest BCUT2D eigenvalue weighted by molar-refractivity contribution is -0.141. The molecule has 2 atom stereocenters. The minimum Gasteiger partial charge on any atom is -0.352 e. The van der Waals surface area contributed by atoms with E-state index in [1.807, 2.05) is 58.0 Å². The smallest absolute Gasteiger partial charge is 0.243 e. The minimum atomic E-state index is -0.488. The summed E-state index contributed by atoms with van der Waals surface area (Å²) >= 11 is 0. The van der Waals surface area contributed by atoms with Crippen molar-refractivity contribution in [3.63, 3.8) is 0 Å². The fourth-order valence-electron chi connectivity index (χ4n) is 3.52. The lowest BCUT2D eigenvalue weighted by Gasteiger charge is -2.32. The topological polar surface area (TPSA) is 49.4 Å². The molecule has 0 radical (unpaired) electrons. The highest BCUT2D eigenvalue weighted by Crippen LogP contribution is 2.18. The van der Waals surface area contributed by atoms with Gasteiger partial charge in [-0.1, -0.05) is 56.3 Å². The summed E-state index contributed by atoms with van der Waals surface area (Å²) < 4.78 is 0. The molecule has 162 valence electrons. The van der Waals surface area contributed by atoms with Crippen molar-refractivity contribution in [2.75, 3.05) is 0 Å². The van der Waals surface area contributed by atoms with Gasteiger partial charge in [-0.25, -0.2) is 0 Å². The van der Waals surface area contributed by atoms with Gasteiger partial charge < -0.3 is 10.2 Å². The molecule has 0 aliphatic carbocycles. The Morgan fingerprint density at radius 2 is 1.63 bits per heavy atom. The van der Waals surface area contributed by atoms with Crippen LogP contribution in [0.5, 0.6) is 0 Å². The van der Waals surface area contributed by atoms with Crippen molar-refractivity contribution < 1.29 is 9.59 Å². The summed E-state index contributed by atoms with van der Waals surface area (Å²) in [5, 5.41) is 3.06. The van der Waals surface area contributed by atoms with Gasteiger partial charge in [0.2, 0.25) is 11.8 Å². The Kier molecular flexibility index (Phi) is 8.64. The minimum absolute atomic E-state index is 0.0207. The molecule has 2 rings (SSSR count). The number of benzene rings is 2. The third-order valence-electron chi connectivity index (χ3n) is 5.92. The van der Waals surface area contributed by atoms with Crippen LogP contribution in [0.1, 0.15) is 61.4 Å². The molecule has 2 aromatic rings. The largest absolute Gasteiger partial charge is 0.352 e. The maximum Gasteiger partial charge on any atom is 0.243 e. The van der Waals surface area contributed by atoms with E-state index in [0.717, 1.165) is 23.1 Å². The van der Waals surface area contributed by atoms with E-state index in [1.165, 1.54) is 11.1 Å². The number of carbonyl (C=O) groups is 2. The molecule has 0 heterocycles. The van der Waals surface area contributed by atoms with Gasteiger partial charge >= 0.3 is 0 Å². The van der Waals surface area contributed by atoms with Crippen molar-refractivity contribution in [3.05, 3.63) is 70.3 Å². The highest BCUT2D eigenvalue weighted by atomic mass is 16.2. The molecule has 30 heavy (non-hydrogen) atoms. The van der Waals surface area contributed by atoms with Crippen LogP contribution < -0.4 is 5.32 Å². The molecule has 0 aliphatic rings. The van der Waals surface area contributed by atoms with Crippen LogP contribution >= 0.6 is 0 Å². The van der Waals surface area contributed by atoms with Crippen LogP contribution in [0, 0.1) is 20.8 Å². The molecular weight excluding hydrogens is 372 g/mol. The number of hydrogen-bond acceptors (Lipinski definition) is 2. The van der Waals surface area contributed by atoms with Crippen molar-refractivity contribution in [3.8, 4) is 0 Å². The van der Waals surface area contributed by atoms with Crippen molar-refractivity contribution in [1.29, 1.82) is 0 Å². The van der Waals surface area contributed by atoms with Crippen molar-refractivity contribution in [2.45, 2.75) is 79.4 Å². The van der Waals surface area contributed by atoms with E-state index in [4.69, 9.17) is 0 Å². The molecule has 4 nitrogen and oxygen atoms in total. The quantitative estimate of drug-likeness (QED) is 0.643. The van der Waals surface area contributed by atoms with Crippen LogP contribution in [0.4, 0.5) is 0 Å². The van der Waals surface area contributed by atoms with Gasteiger partial charge in [0.05, 0.1) is 6.42 Å². The van der Waals surface area contributed by atoms with Crippen molar-refractivity contribution in [1.82, 2.24) is 10.2 Å². The van der Waals surface area contributed by atoms with E-state index < -0.39 is 6.04 Å². The number of amides is 2. The molecular formula is C26H36N2O2. The van der Waals surface area contributed by atoms with E-state index >= 15 is 0 Å². The Labute approximate surface area is 181 Å². The molecule has 4 heteroatoms. The first-order chi connectivity index (χ1) is 14.3. The van der Waals surface area contributed by atoms with Crippen LogP contribution in [-0.4, -0.2) is 28.8 Å². The molecule has 2 amide bonds. The molecule has 2 aromatic carbocycles. The van der Waals surface area contributed by atoms with Gasteiger partial charge in [0.1, 0.15) is 6.04 Å². The van der Waals surface area contributed by atoms with Gasteiger partial charge in [-0.3, -0.25) is 9.59 Å². The van der Waals surface area contributed by atoms with Crippen LogP contribution in [0.2, 0.25) is 0 Å². The number of hydrogen-bond donors (Lipinski definition) is 1. The van der Waals surface area contributed by atoms with Gasteiger partial charge in [-0.2, -0.15) is 0 Å². The zero-order valence-corrected chi connectivity index (χ0v) is 19.3. The Morgan fingerprint density at radius 1 is 0.933 bits per heavy atom. The Morgan fingerprint density at radius 3 is 2.23 bits per heavy atom. The van der Waals surface area contributed by atoms with E-state index in [2.05, 4.69) is 31.3 Å². The van der Waals surface area contributed by atoms with Gasteiger partial charge in [0, 0.05) is 12.6 Å². The SMILES string of the molecule is CC[C@H](C)NC(=O)[C@H](CC)N(Cc1ccccc1C)C(=O)Cc1ccc(C)c(C)c1. The van der Waals surface area contributed by atoms with Gasteiger partial charge in [-0.05, 0) is 68.4 Å². The summed E-state index contributed by atoms with van der Waals surface area (Å²) in [4.78, 5) is 28.2. The summed E-state index contributed by atoms with van der Waals surface area (Å²) in [6.45, 7) is 12.6. The predicted molar refractivity (Wildman–Crippen MR) is 123 cm³/mol. The van der Waals surface area contributed by atoms with Gasteiger partial charge in [-0.15, -0.1) is 0 Å². The Bertz CT molecular complexity index is 875. The highest BCUT2D eigenvalue weighted by molar-refractivity contribution is 5.88. The predicted octanol–water partition coefficient (Wildman–Crippen LogP) is 4.88. The van der Waals surface area contributed by atoms with E-state index in [0.29, 0.717) is 19.4 Å². The zero-order chi connectivity index (χ0) is 22.3. The Balaban J connectivity index is 2.33. The zero-order valence-electron chi connectivity index (χ0n) is 19.3. The molecule has 0 fully saturated rings. The van der Waals surface area contributed by atoms with Crippen LogP contribution in [0.3, 0.4) is 0 Å². The molecule has 0 saturated carbocycles. The summed E-state index contributed by atoms with van der Waals surface area (Å²) in [6, 6.07) is 13.8. The second-order valence-electron chi connectivity index (χ2n) is 8.29. The molecule has 0 unspecified atom stereocenters. The van der Waals surface area contributed by atoms with Crippen LogP contribution in [-0.2, 0) is 22.6 Å². The van der Waals surface area contributed by atoms with Crippen molar-refractivity contribution in [2.24, 2.45) is 0 Å². The van der Waals surface area contributed by atoms with E-state index in [1.54, 1.807) is 4.90 Å². The van der Waals surface area contributed by atoms with Crippen LogP contribution in [0.25, 0.3) is 0 Å². The average molecular weight is 409 g/mol. The second kappa shape index (κ2) is 11.0. The monoisotopic (exact) mass is 408 g/mol. The first kappa shape index (κ1) is 23.7. The lowest BCUT2D eigenvalue weighted by atomic mass is 10.0. The summed E-state index contributed by atoms with van der Waals surface area (Å²) in [5.41, 5.74) is 5.56. The first-order valence-electron chi connectivity index (χ1n) is 11.0. The molecule has 0 spiro atoms. The first-order valence-corrected chi connectivity index (χ1v) is 11.0. The fraction of sp³-hybridized carbons (Fsp3) is 0.462. The number of nitrogens with zero attached hydrogens (tertiary/aromatic N) is 1. The number of rotatable bonds is 9. The standard InChI is InChI=1S/C26H36N2O2/c1-7-21(6)27-26(30)24(8-2)28(17-23-12-10-9-11-19(23)4)25(29)16-22-14-13-18(3)20(5)15-22/h9-15,21,24H,7-8,16-17H2,1-6H3,(H,27,30)/t21-,24-/m0/s1. The molecule has 0 aromatic heterocycles. The van der Waals surface area contributed by atoms with E-state index in [9.17, 15) is 9.59 Å². The molecule has 1 N–H and O–H groups in total. The third kappa shape index (κ3) is 6.19. The Hall–Kier alpha value is -2.62. The van der Waals surface area contributed by atoms with Crippen LogP contribution in [0.15, 0.2) is 42.5 Å². The number of nitrogens with one attached hydrogen (secondary N) is 1. The van der Waals surface area contributed by atoms with Gasteiger partial charge in [0.15, 0.2) is 0 Å². The molecule has 0 saturated heterocycles. The van der Waals surface area contributed by atoms with Gasteiger partial charge in [0.25, 0.3) is 0 Å². The highest BCUT2D eigenvalue weighted by Gasteiger charge is 2.29. The lowest BCUT2D eigenvalue weighted by Crippen LogP contribution is -2.51. The summed E-state index contributed by atoms with van der Waals surface area (Å²) in [5.74, 6) is -0.0958. The normalized spacial score (nSPS) is 12.9. The number of carbonyl (C=O) groups excluding carboxylic acids is 2. The maximum atomic E-state index is 13.4. The summed E-state index contributed by atoms with van der Waals surface area (Å²) in [6.07, 6.45) is 1.73. The molecule has 0 bridgehead atoms. The van der Waals surface area contributed by atoms with Crippen molar-refractivity contribution >= 4 is 11.8 Å². The third-order valence-corrected chi connectivity index (χ3v) is 5.92. The fourth-order valence-corrected chi connectivity index (χ4v) is 3.52.